The smallest absolute Gasteiger partial charge is 0.322 e. The van der Waals surface area contributed by atoms with Crippen LogP contribution in [0, 0.1) is 16.0 Å². The van der Waals surface area contributed by atoms with Gasteiger partial charge in [0.25, 0.3) is 5.69 Å². The molecule has 1 aromatic carbocycles. The van der Waals surface area contributed by atoms with Crippen molar-refractivity contribution in [2.45, 2.75) is 31.2 Å². The van der Waals surface area contributed by atoms with Crippen LogP contribution in [0.5, 0.6) is 5.75 Å². The Morgan fingerprint density at radius 2 is 2.09 bits per heavy atom. The quantitative estimate of drug-likeness (QED) is 0.536. The Hall–Kier alpha value is -2.20. The normalized spacial score (nSPS) is 14.0. The molecule has 0 aromatic heterocycles. The van der Waals surface area contributed by atoms with Crippen molar-refractivity contribution in [2.24, 2.45) is 5.92 Å². The molecule has 2 N–H and O–H groups in total. The summed E-state index contributed by atoms with van der Waals surface area (Å²) in [5.41, 5.74) is -0.336. The Kier molecular flexibility index (Phi) is 6.05. The average Bonchev–Trinajstić information content (AvgIpc) is 2.50. The van der Waals surface area contributed by atoms with E-state index in [2.05, 4.69) is 4.72 Å². The highest BCUT2D eigenvalue weighted by molar-refractivity contribution is 7.89. The minimum Gasteiger partial charge on any atom is -0.495 e. The molecule has 0 bridgehead atoms. The van der Waals surface area contributed by atoms with Gasteiger partial charge in [-0.25, -0.2) is 8.42 Å². The van der Waals surface area contributed by atoms with Crippen LogP contribution in [-0.2, 0) is 14.8 Å². The number of methoxy groups -OCH3 is 1. The molecule has 0 aliphatic carbocycles. The fourth-order valence-corrected chi connectivity index (χ4v) is 3.32. The number of rotatable bonds is 8. The number of nitrogens with zero attached hydrogens (tertiary/aromatic N) is 1. The van der Waals surface area contributed by atoms with Crippen LogP contribution in [0.3, 0.4) is 0 Å². The second-order valence-electron chi connectivity index (χ2n) is 4.92. The van der Waals surface area contributed by atoms with Gasteiger partial charge in [0.2, 0.25) is 10.0 Å². The minimum atomic E-state index is -4.22. The summed E-state index contributed by atoms with van der Waals surface area (Å²) in [5, 5.41) is 19.9. The fraction of sp³-hybridized carbons (Fsp3) is 0.462. The number of benzene rings is 1. The average molecular weight is 346 g/mol. The number of hydrogen-bond donors (Lipinski definition) is 2. The number of carboxylic acids is 1. The molecule has 1 rings (SSSR count). The molecule has 0 unspecified atom stereocenters. The Bertz CT molecular complexity index is 702. The van der Waals surface area contributed by atoms with Gasteiger partial charge in [-0.15, -0.1) is 0 Å². The van der Waals surface area contributed by atoms with Crippen molar-refractivity contribution in [3.63, 3.8) is 0 Å². The maximum Gasteiger partial charge on any atom is 0.322 e. The number of sulfonamides is 1. The molecule has 128 valence electrons. The first-order chi connectivity index (χ1) is 10.6. The molecule has 0 amide bonds. The highest BCUT2D eigenvalue weighted by Crippen LogP contribution is 2.28. The minimum absolute atomic E-state index is 0.236. The summed E-state index contributed by atoms with van der Waals surface area (Å²) in [4.78, 5) is 20.9. The maximum absolute atomic E-state index is 12.4. The summed E-state index contributed by atoms with van der Waals surface area (Å²) in [6, 6.07) is 1.67. The van der Waals surface area contributed by atoms with E-state index in [9.17, 15) is 28.4 Å². The van der Waals surface area contributed by atoms with Gasteiger partial charge in [-0.2, -0.15) is 4.72 Å². The van der Waals surface area contributed by atoms with Crippen LogP contribution in [-0.4, -0.2) is 37.6 Å². The van der Waals surface area contributed by atoms with Crippen LogP contribution >= 0.6 is 0 Å². The van der Waals surface area contributed by atoms with E-state index in [0.717, 1.165) is 18.2 Å². The van der Waals surface area contributed by atoms with E-state index < -0.39 is 32.9 Å². The summed E-state index contributed by atoms with van der Waals surface area (Å²) >= 11 is 0. The molecule has 0 saturated heterocycles. The highest BCUT2D eigenvalue weighted by Gasteiger charge is 2.31. The number of aliphatic carboxylic acids is 1. The maximum atomic E-state index is 12.4. The monoisotopic (exact) mass is 346 g/mol. The zero-order valence-electron chi connectivity index (χ0n) is 12.8. The van der Waals surface area contributed by atoms with Gasteiger partial charge < -0.3 is 9.84 Å². The highest BCUT2D eigenvalue weighted by atomic mass is 32.2. The van der Waals surface area contributed by atoms with E-state index in [1.807, 2.05) is 0 Å². The topological polar surface area (TPSA) is 136 Å². The van der Waals surface area contributed by atoms with Gasteiger partial charge in [-0.1, -0.05) is 20.3 Å². The van der Waals surface area contributed by atoms with Crippen LogP contribution < -0.4 is 9.46 Å². The first kappa shape index (κ1) is 18.8. The van der Waals surface area contributed by atoms with Crippen molar-refractivity contribution >= 4 is 21.7 Å². The molecular formula is C13H18N2O7S. The first-order valence-corrected chi connectivity index (χ1v) is 8.20. The number of hydrogen-bond acceptors (Lipinski definition) is 6. The summed E-state index contributed by atoms with van der Waals surface area (Å²) < 4.78 is 31.8. The van der Waals surface area contributed by atoms with Crippen molar-refractivity contribution in [1.82, 2.24) is 4.72 Å². The summed E-state index contributed by atoms with van der Waals surface area (Å²) in [6.07, 6.45) is 0.455. The Labute approximate surface area is 133 Å². The van der Waals surface area contributed by atoms with Crippen LogP contribution in [0.25, 0.3) is 0 Å². The number of nitro groups is 1. The van der Waals surface area contributed by atoms with Gasteiger partial charge in [0.1, 0.15) is 16.7 Å². The van der Waals surface area contributed by atoms with Crippen molar-refractivity contribution in [3.05, 3.63) is 28.3 Å². The van der Waals surface area contributed by atoms with Gasteiger partial charge in [-0.3, -0.25) is 14.9 Å². The third kappa shape index (κ3) is 4.39. The molecule has 0 spiro atoms. The standard InChI is InChI=1S/C13H18N2O7S/c1-4-8(2)12(13(16)17)14-23(20,21)11-6-5-9(15(18)19)7-10(11)22-3/h5-8,12,14H,4H2,1-3H3,(H,16,17)/t8-,12-/m0/s1. The number of carbonyl (C=O) groups is 1. The lowest BCUT2D eigenvalue weighted by Gasteiger charge is -2.20. The summed E-state index contributed by atoms with van der Waals surface area (Å²) in [6.45, 7) is 3.34. The van der Waals surface area contributed by atoms with Gasteiger partial charge in [0.15, 0.2) is 0 Å². The molecule has 23 heavy (non-hydrogen) atoms. The lowest BCUT2D eigenvalue weighted by atomic mass is 10.0. The van der Waals surface area contributed by atoms with Crippen LogP contribution in [0.2, 0.25) is 0 Å². The van der Waals surface area contributed by atoms with E-state index in [-0.39, 0.29) is 16.3 Å². The van der Waals surface area contributed by atoms with Crippen LogP contribution in [0.1, 0.15) is 20.3 Å². The largest absolute Gasteiger partial charge is 0.495 e. The fourth-order valence-electron chi connectivity index (χ4n) is 1.87. The van der Waals surface area contributed by atoms with E-state index >= 15 is 0 Å². The Morgan fingerprint density at radius 1 is 1.48 bits per heavy atom. The van der Waals surface area contributed by atoms with Crippen molar-refractivity contribution in [1.29, 1.82) is 0 Å². The molecule has 2 atom stereocenters. The number of nitrogens with one attached hydrogen (secondary N) is 1. The summed E-state index contributed by atoms with van der Waals surface area (Å²) in [7, 11) is -3.06. The van der Waals surface area contributed by atoms with Crippen LogP contribution in [0.4, 0.5) is 5.69 Å². The predicted molar refractivity (Wildman–Crippen MR) is 80.8 cm³/mol. The first-order valence-electron chi connectivity index (χ1n) is 6.71. The lowest BCUT2D eigenvalue weighted by molar-refractivity contribution is -0.385. The third-order valence-corrected chi connectivity index (χ3v) is 4.89. The predicted octanol–water partition coefficient (Wildman–Crippen LogP) is 1.38. The van der Waals surface area contributed by atoms with Crippen molar-refractivity contribution in [2.75, 3.05) is 7.11 Å². The SMILES string of the molecule is CC[C@H](C)[C@H](NS(=O)(=O)c1ccc([N+](=O)[O-])cc1OC)C(=O)O. The molecule has 10 heteroatoms. The molecular weight excluding hydrogens is 328 g/mol. The molecule has 9 nitrogen and oxygen atoms in total. The Morgan fingerprint density at radius 3 is 2.52 bits per heavy atom. The van der Waals surface area contributed by atoms with E-state index in [4.69, 9.17) is 4.74 Å². The molecule has 0 fully saturated rings. The number of non-ortho nitro benzene ring substituents is 1. The number of carboxylic acid groups (broad SMARTS) is 1. The lowest BCUT2D eigenvalue weighted by Crippen LogP contribution is -2.44. The number of nitro benzene ring substituents is 1. The summed E-state index contributed by atoms with van der Waals surface area (Å²) in [5.74, 6) is -1.98. The zero-order chi connectivity index (χ0) is 17.8. The molecule has 0 radical (unpaired) electrons. The number of ether oxygens (including phenoxy) is 1. The molecule has 1 aromatic rings. The van der Waals surface area contributed by atoms with Gasteiger partial charge in [0, 0.05) is 6.07 Å². The van der Waals surface area contributed by atoms with Crippen LogP contribution in [0.15, 0.2) is 23.1 Å². The van der Waals surface area contributed by atoms with Crippen molar-refractivity contribution in [3.8, 4) is 5.75 Å². The van der Waals surface area contributed by atoms with E-state index in [1.54, 1.807) is 13.8 Å². The Balaban J connectivity index is 3.27. The molecule has 0 aliphatic rings. The third-order valence-electron chi connectivity index (χ3n) is 3.41. The van der Waals surface area contributed by atoms with E-state index in [1.165, 1.54) is 7.11 Å². The molecule has 0 heterocycles. The molecule has 0 saturated carbocycles. The molecule has 0 aliphatic heterocycles. The zero-order valence-corrected chi connectivity index (χ0v) is 13.7. The van der Waals surface area contributed by atoms with Gasteiger partial charge in [0.05, 0.1) is 18.1 Å². The van der Waals surface area contributed by atoms with E-state index in [0.29, 0.717) is 6.42 Å². The van der Waals surface area contributed by atoms with Gasteiger partial charge in [-0.05, 0) is 12.0 Å². The second-order valence-corrected chi connectivity index (χ2v) is 6.60. The van der Waals surface area contributed by atoms with Crippen molar-refractivity contribution < 1.29 is 28.0 Å². The van der Waals surface area contributed by atoms with Gasteiger partial charge >= 0.3 is 5.97 Å². The second kappa shape index (κ2) is 7.38.